The highest BCUT2D eigenvalue weighted by molar-refractivity contribution is 7.95. The lowest BCUT2D eigenvalue weighted by molar-refractivity contribution is -0.105. The largest absolute Gasteiger partial charge is 0.329 e. The minimum Gasteiger partial charge on any atom is -0.329 e. The van der Waals surface area contributed by atoms with Crippen LogP contribution in [0.5, 0.6) is 0 Å². The Bertz CT molecular complexity index is 1010. The second-order valence-electron chi connectivity index (χ2n) is 6.64. The molecule has 0 spiro atoms. The molecule has 8 heteroatoms. The zero-order valence-corrected chi connectivity index (χ0v) is 21.2. The van der Waals surface area contributed by atoms with E-state index in [0.29, 0.717) is 17.7 Å². The molecule has 5 nitrogen and oxygen atoms in total. The number of anilines is 1. The quantitative estimate of drug-likeness (QED) is 0.306. The first-order chi connectivity index (χ1) is 16.5. The van der Waals surface area contributed by atoms with Gasteiger partial charge in [0.15, 0.2) is 0 Å². The van der Waals surface area contributed by atoms with Crippen molar-refractivity contribution in [1.82, 2.24) is 9.03 Å². The molecule has 0 atom stereocenters. The summed E-state index contributed by atoms with van der Waals surface area (Å²) in [6.45, 7) is 6.38. The van der Waals surface area contributed by atoms with E-state index >= 15 is 0 Å². The maximum Gasteiger partial charge on any atom is 0.211 e. The van der Waals surface area contributed by atoms with Gasteiger partial charge in [-0.1, -0.05) is 67.9 Å². The molecular formula is C26H30ClFN4OS. The van der Waals surface area contributed by atoms with Gasteiger partial charge in [0.2, 0.25) is 6.41 Å². The van der Waals surface area contributed by atoms with Gasteiger partial charge in [-0.3, -0.25) is 9.52 Å². The molecule has 3 aromatic rings. The number of rotatable bonds is 3. The van der Waals surface area contributed by atoms with Crippen LogP contribution in [0.25, 0.3) is 11.1 Å². The Labute approximate surface area is 211 Å². The van der Waals surface area contributed by atoms with Crippen molar-refractivity contribution < 1.29 is 9.18 Å². The SMILES string of the molecule is CC.CN1CCCNS1.N#Cc1ccc(-c2ccccc2)cc1.O=CNc1ccc(F)c(Cl)c1. The van der Waals surface area contributed by atoms with Crippen LogP contribution in [0.1, 0.15) is 25.8 Å². The number of carbonyl (C=O) groups is 1. The molecule has 1 saturated heterocycles. The molecule has 34 heavy (non-hydrogen) atoms. The van der Waals surface area contributed by atoms with Crippen LogP contribution in [-0.4, -0.2) is 30.9 Å². The first-order valence-electron chi connectivity index (χ1n) is 10.8. The number of nitrogens with zero attached hydrogens (tertiary/aromatic N) is 2. The van der Waals surface area contributed by atoms with Crippen molar-refractivity contribution >= 4 is 35.8 Å². The molecule has 0 bridgehead atoms. The van der Waals surface area contributed by atoms with Crippen LogP contribution in [0.3, 0.4) is 0 Å². The predicted molar refractivity (Wildman–Crippen MR) is 142 cm³/mol. The van der Waals surface area contributed by atoms with Gasteiger partial charge in [0.05, 0.1) is 16.7 Å². The molecule has 180 valence electrons. The van der Waals surface area contributed by atoms with Crippen molar-refractivity contribution in [2.24, 2.45) is 0 Å². The van der Waals surface area contributed by atoms with Crippen molar-refractivity contribution in [3.8, 4) is 17.2 Å². The number of nitrogens with one attached hydrogen (secondary N) is 2. The molecule has 1 amide bonds. The Morgan fingerprint density at radius 3 is 2.21 bits per heavy atom. The zero-order valence-electron chi connectivity index (χ0n) is 19.6. The Hall–Kier alpha value is -2.89. The molecule has 1 aliphatic rings. The van der Waals surface area contributed by atoms with Crippen LogP contribution in [-0.2, 0) is 4.79 Å². The molecule has 3 aromatic carbocycles. The number of halogens is 2. The Morgan fingerprint density at radius 2 is 1.74 bits per heavy atom. The van der Waals surface area contributed by atoms with E-state index in [0.717, 1.165) is 12.1 Å². The maximum absolute atomic E-state index is 12.5. The van der Waals surface area contributed by atoms with Gasteiger partial charge in [-0.05, 0) is 54.9 Å². The fourth-order valence-corrected chi connectivity index (χ4v) is 3.45. The first-order valence-corrected chi connectivity index (χ1v) is 12.0. The average molecular weight is 501 g/mol. The zero-order chi connectivity index (χ0) is 25.2. The average Bonchev–Trinajstić information content (AvgIpc) is 2.89. The summed E-state index contributed by atoms with van der Waals surface area (Å²) in [5, 5.41) is 11.0. The minimum atomic E-state index is -0.497. The van der Waals surface area contributed by atoms with E-state index in [9.17, 15) is 9.18 Å². The summed E-state index contributed by atoms with van der Waals surface area (Å²) in [6, 6.07) is 23.8. The standard InChI is InChI=1S/C13H9N.C7H5ClFNO.C4H10N2S.C2H6/c14-10-11-6-8-13(9-7-11)12-4-2-1-3-5-12;8-6-3-5(10-4-11)1-2-7(6)9;1-6-4-2-3-5-7-6;1-2/h1-9H;1-4H,(H,10,11);5H,2-4H2,1H3;1-2H3. The van der Waals surface area contributed by atoms with Crippen LogP contribution >= 0.6 is 23.7 Å². The first kappa shape index (κ1) is 29.1. The summed E-state index contributed by atoms with van der Waals surface area (Å²) in [6.07, 6.45) is 1.78. The third-order valence-corrected chi connectivity index (χ3v) is 5.36. The topological polar surface area (TPSA) is 68.2 Å². The van der Waals surface area contributed by atoms with E-state index in [1.807, 2.05) is 56.3 Å². The summed E-state index contributed by atoms with van der Waals surface area (Å²) >= 11 is 7.12. The Balaban J connectivity index is 0.000000258. The monoisotopic (exact) mass is 500 g/mol. The number of hydrogen-bond donors (Lipinski definition) is 2. The van der Waals surface area contributed by atoms with E-state index in [-0.39, 0.29) is 5.02 Å². The van der Waals surface area contributed by atoms with Crippen molar-refractivity contribution in [2.45, 2.75) is 20.3 Å². The molecule has 0 unspecified atom stereocenters. The summed E-state index contributed by atoms with van der Waals surface area (Å²) in [4.78, 5) is 9.92. The van der Waals surface area contributed by atoms with Gasteiger partial charge in [-0.25, -0.2) is 8.70 Å². The lowest BCUT2D eigenvalue weighted by Crippen LogP contribution is -2.26. The van der Waals surface area contributed by atoms with Crippen LogP contribution in [0.15, 0.2) is 72.8 Å². The fourth-order valence-electron chi connectivity index (χ4n) is 2.60. The molecule has 2 N–H and O–H groups in total. The highest BCUT2D eigenvalue weighted by atomic mass is 35.5. The molecular weight excluding hydrogens is 471 g/mol. The third kappa shape index (κ3) is 11.3. The van der Waals surface area contributed by atoms with Crippen LogP contribution in [0, 0.1) is 17.1 Å². The van der Waals surface area contributed by atoms with E-state index < -0.39 is 5.82 Å². The van der Waals surface area contributed by atoms with E-state index in [4.69, 9.17) is 16.9 Å². The Kier molecular flexibility index (Phi) is 15.1. The second-order valence-corrected chi connectivity index (χ2v) is 8.14. The molecule has 1 heterocycles. The number of hydrogen-bond acceptors (Lipinski definition) is 5. The predicted octanol–water partition coefficient (Wildman–Crippen LogP) is 6.77. The molecule has 1 fully saturated rings. The summed E-state index contributed by atoms with van der Waals surface area (Å²) < 4.78 is 17.9. The lowest BCUT2D eigenvalue weighted by Gasteiger charge is -2.20. The highest BCUT2D eigenvalue weighted by Gasteiger charge is 2.02. The molecule has 0 saturated carbocycles. The lowest BCUT2D eigenvalue weighted by atomic mass is 10.0. The molecule has 4 rings (SSSR count). The van der Waals surface area contributed by atoms with Gasteiger partial charge in [-0.15, -0.1) is 0 Å². The van der Waals surface area contributed by atoms with Crippen LogP contribution < -0.4 is 10.0 Å². The molecule has 0 aliphatic carbocycles. The van der Waals surface area contributed by atoms with Gasteiger partial charge < -0.3 is 5.32 Å². The number of benzene rings is 3. The number of nitriles is 1. The summed E-state index contributed by atoms with van der Waals surface area (Å²) in [5.41, 5.74) is 3.50. The van der Waals surface area contributed by atoms with Crippen LogP contribution in [0.2, 0.25) is 5.02 Å². The van der Waals surface area contributed by atoms with Crippen molar-refractivity contribution in [3.05, 3.63) is 89.2 Å². The van der Waals surface area contributed by atoms with Gasteiger partial charge >= 0.3 is 0 Å². The van der Waals surface area contributed by atoms with Gasteiger partial charge in [0, 0.05) is 30.9 Å². The van der Waals surface area contributed by atoms with Crippen molar-refractivity contribution in [2.75, 3.05) is 25.5 Å². The fraction of sp³-hybridized carbons (Fsp3) is 0.231. The number of amides is 1. The van der Waals surface area contributed by atoms with E-state index in [1.165, 1.54) is 36.7 Å². The number of carbonyl (C=O) groups excluding carboxylic acids is 1. The normalized spacial score (nSPS) is 12.2. The van der Waals surface area contributed by atoms with E-state index in [2.05, 4.69) is 39.6 Å². The molecule has 1 aliphatic heterocycles. The third-order valence-electron chi connectivity index (χ3n) is 4.24. The van der Waals surface area contributed by atoms with Crippen molar-refractivity contribution in [1.29, 1.82) is 5.26 Å². The minimum absolute atomic E-state index is 0.00292. The molecule has 0 aromatic heterocycles. The second kappa shape index (κ2) is 17.6. The summed E-state index contributed by atoms with van der Waals surface area (Å²) in [5.74, 6) is -0.497. The highest BCUT2D eigenvalue weighted by Crippen LogP contribution is 2.19. The van der Waals surface area contributed by atoms with Gasteiger partial charge in [0.1, 0.15) is 5.82 Å². The van der Waals surface area contributed by atoms with Gasteiger partial charge in [-0.2, -0.15) is 5.26 Å². The maximum atomic E-state index is 12.5. The smallest absolute Gasteiger partial charge is 0.211 e. The Morgan fingerprint density at radius 1 is 1.09 bits per heavy atom. The van der Waals surface area contributed by atoms with Crippen LogP contribution in [0.4, 0.5) is 10.1 Å². The van der Waals surface area contributed by atoms with E-state index in [1.54, 1.807) is 12.1 Å². The van der Waals surface area contributed by atoms with Gasteiger partial charge in [0.25, 0.3) is 0 Å². The summed E-state index contributed by atoms with van der Waals surface area (Å²) in [7, 11) is 2.09. The molecule has 0 radical (unpaired) electrons. The van der Waals surface area contributed by atoms with Crippen molar-refractivity contribution in [3.63, 3.8) is 0 Å².